The van der Waals surface area contributed by atoms with Crippen LogP contribution in [-0.2, 0) is 13.0 Å². The van der Waals surface area contributed by atoms with Crippen molar-refractivity contribution in [2.45, 2.75) is 45.7 Å². The predicted octanol–water partition coefficient (Wildman–Crippen LogP) is 2.69. The first-order chi connectivity index (χ1) is 8.72. The van der Waals surface area contributed by atoms with Gasteiger partial charge >= 0.3 is 0 Å². The van der Waals surface area contributed by atoms with E-state index < -0.39 is 0 Å². The number of aromatic nitrogens is 3. The van der Waals surface area contributed by atoms with E-state index in [1.807, 2.05) is 13.8 Å². The molecule has 0 fully saturated rings. The second-order valence-electron chi connectivity index (χ2n) is 4.88. The average molecular weight is 246 g/mol. The van der Waals surface area contributed by atoms with E-state index in [1.54, 1.807) is 6.20 Å². The Hall–Kier alpha value is -1.78. The quantitative estimate of drug-likeness (QED) is 0.904. The van der Waals surface area contributed by atoms with Crippen molar-refractivity contribution in [3.05, 3.63) is 29.6 Å². The molecule has 5 nitrogen and oxygen atoms in total. The van der Waals surface area contributed by atoms with Crippen molar-refractivity contribution in [3.63, 3.8) is 0 Å². The molecular formula is C13H18N4O. The van der Waals surface area contributed by atoms with Crippen LogP contribution in [0.2, 0.25) is 0 Å². The molecule has 18 heavy (non-hydrogen) atoms. The van der Waals surface area contributed by atoms with E-state index in [2.05, 4.69) is 26.1 Å². The minimum atomic E-state index is 0.0376. The maximum Gasteiger partial charge on any atom is 0.216 e. The fourth-order valence-corrected chi connectivity index (χ4v) is 2.34. The first-order valence-electron chi connectivity index (χ1n) is 6.48. The first-order valence-corrected chi connectivity index (χ1v) is 6.48. The zero-order chi connectivity index (χ0) is 12.5. The average Bonchev–Trinajstić information content (AvgIpc) is 2.94. The molecule has 5 heteroatoms. The summed E-state index contributed by atoms with van der Waals surface area (Å²) >= 11 is 0. The third-order valence-corrected chi connectivity index (χ3v) is 3.29. The lowest BCUT2D eigenvalue weighted by Crippen LogP contribution is -2.11. The maximum absolute atomic E-state index is 5.51. The van der Waals surface area contributed by atoms with Gasteiger partial charge in [0.15, 0.2) is 0 Å². The van der Waals surface area contributed by atoms with Crippen LogP contribution in [-0.4, -0.2) is 14.8 Å². The minimum Gasteiger partial charge on any atom is -0.444 e. The Morgan fingerprint density at radius 3 is 3.06 bits per heavy atom. The van der Waals surface area contributed by atoms with E-state index in [4.69, 9.17) is 4.42 Å². The van der Waals surface area contributed by atoms with Crippen LogP contribution in [0.1, 0.15) is 43.2 Å². The zero-order valence-electron chi connectivity index (χ0n) is 10.8. The number of nitrogens with one attached hydrogen (secondary N) is 1. The van der Waals surface area contributed by atoms with Crippen LogP contribution >= 0.6 is 0 Å². The standard InChI is InChI=1S/C13H18N4O/c1-9-8-14-13(18-9)10(2)15-12-7-11-5-3-4-6-17(11)16-12/h7-8,10H,3-6H2,1-2H3,(H,15,16). The van der Waals surface area contributed by atoms with Gasteiger partial charge in [-0.2, -0.15) is 5.10 Å². The van der Waals surface area contributed by atoms with Crippen LogP contribution in [0.25, 0.3) is 0 Å². The highest BCUT2D eigenvalue weighted by molar-refractivity contribution is 5.38. The van der Waals surface area contributed by atoms with Crippen LogP contribution in [0.4, 0.5) is 5.82 Å². The smallest absolute Gasteiger partial charge is 0.216 e. The fourth-order valence-electron chi connectivity index (χ4n) is 2.34. The molecule has 2 aromatic rings. The van der Waals surface area contributed by atoms with Gasteiger partial charge in [0.05, 0.1) is 6.20 Å². The normalized spacial score (nSPS) is 16.3. The largest absolute Gasteiger partial charge is 0.444 e. The number of hydrogen-bond acceptors (Lipinski definition) is 4. The molecule has 0 aromatic carbocycles. The number of aryl methyl sites for hydroxylation is 3. The van der Waals surface area contributed by atoms with Crippen LogP contribution in [0.5, 0.6) is 0 Å². The molecule has 3 heterocycles. The third-order valence-electron chi connectivity index (χ3n) is 3.29. The van der Waals surface area contributed by atoms with Gasteiger partial charge in [0.2, 0.25) is 5.89 Å². The topological polar surface area (TPSA) is 55.9 Å². The van der Waals surface area contributed by atoms with Crippen molar-refractivity contribution in [3.8, 4) is 0 Å². The molecule has 3 rings (SSSR count). The Morgan fingerprint density at radius 1 is 1.44 bits per heavy atom. The Bertz CT molecular complexity index is 519. The highest BCUT2D eigenvalue weighted by atomic mass is 16.4. The van der Waals surface area contributed by atoms with E-state index in [-0.39, 0.29) is 6.04 Å². The molecule has 0 radical (unpaired) electrons. The van der Waals surface area contributed by atoms with Gasteiger partial charge in [-0.15, -0.1) is 0 Å². The van der Waals surface area contributed by atoms with E-state index in [0.29, 0.717) is 5.89 Å². The number of fused-ring (bicyclic) bond motifs is 1. The zero-order valence-corrected chi connectivity index (χ0v) is 10.8. The molecule has 0 amide bonds. The number of anilines is 1. The van der Waals surface area contributed by atoms with Gasteiger partial charge in [-0.25, -0.2) is 4.98 Å². The lowest BCUT2D eigenvalue weighted by atomic mass is 10.1. The molecular weight excluding hydrogens is 228 g/mol. The van der Waals surface area contributed by atoms with Crippen molar-refractivity contribution in [1.82, 2.24) is 14.8 Å². The van der Waals surface area contributed by atoms with E-state index >= 15 is 0 Å². The lowest BCUT2D eigenvalue weighted by Gasteiger charge is -2.11. The van der Waals surface area contributed by atoms with Gasteiger partial charge in [-0.3, -0.25) is 4.68 Å². The summed E-state index contributed by atoms with van der Waals surface area (Å²) < 4.78 is 7.61. The summed E-state index contributed by atoms with van der Waals surface area (Å²) in [4.78, 5) is 4.23. The van der Waals surface area contributed by atoms with E-state index in [9.17, 15) is 0 Å². The molecule has 0 saturated heterocycles. The van der Waals surface area contributed by atoms with Crippen molar-refractivity contribution in [2.75, 3.05) is 5.32 Å². The molecule has 0 saturated carbocycles. The Labute approximate surface area is 106 Å². The summed E-state index contributed by atoms with van der Waals surface area (Å²) in [6, 6.07) is 2.17. The molecule has 0 spiro atoms. The molecule has 2 aromatic heterocycles. The number of hydrogen-bond donors (Lipinski definition) is 1. The van der Waals surface area contributed by atoms with Crippen LogP contribution < -0.4 is 5.32 Å². The summed E-state index contributed by atoms with van der Waals surface area (Å²) in [6.45, 7) is 4.96. The molecule has 1 N–H and O–H groups in total. The highest BCUT2D eigenvalue weighted by Gasteiger charge is 2.16. The molecule has 96 valence electrons. The number of nitrogens with zero attached hydrogens (tertiary/aromatic N) is 3. The Kier molecular flexibility index (Phi) is 2.81. The maximum atomic E-state index is 5.51. The molecule has 0 bridgehead atoms. The second kappa shape index (κ2) is 4.48. The highest BCUT2D eigenvalue weighted by Crippen LogP contribution is 2.22. The second-order valence-corrected chi connectivity index (χ2v) is 4.88. The molecule has 1 atom stereocenters. The van der Waals surface area contributed by atoms with Crippen LogP contribution in [0, 0.1) is 6.92 Å². The van der Waals surface area contributed by atoms with Gasteiger partial charge in [0.25, 0.3) is 0 Å². The number of oxazole rings is 1. The van der Waals surface area contributed by atoms with Gasteiger partial charge in [-0.1, -0.05) is 0 Å². The first kappa shape index (κ1) is 11.3. The van der Waals surface area contributed by atoms with Crippen molar-refractivity contribution in [1.29, 1.82) is 0 Å². The van der Waals surface area contributed by atoms with Crippen molar-refractivity contribution in [2.24, 2.45) is 0 Å². The van der Waals surface area contributed by atoms with Crippen molar-refractivity contribution >= 4 is 5.82 Å². The SMILES string of the molecule is Cc1cnc(C(C)Nc2cc3n(n2)CCCC3)o1. The van der Waals surface area contributed by atoms with Gasteiger partial charge in [-0.05, 0) is 33.1 Å². The van der Waals surface area contributed by atoms with Gasteiger partial charge in [0.1, 0.15) is 17.6 Å². The summed E-state index contributed by atoms with van der Waals surface area (Å²) in [6.07, 6.45) is 5.36. The third kappa shape index (κ3) is 2.12. The predicted molar refractivity (Wildman–Crippen MR) is 68.4 cm³/mol. The Balaban J connectivity index is 1.74. The van der Waals surface area contributed by atoms with Gasteiger partial charge < -0.3 is 9.73 Å². The summed E-state index contributed by atoms with van der Waals surface area (Å²) in [7, 11) is 0. The van der Waals surface area contributed by atoms with E-state index in [1.165, 1.54) is 18.5 Å². The monoisotopic (exact) mass is 246 g/mol. The molecule has 1 unspecified atom stereocenters. The fraction of sp³-hybridized carbons (Fsp3) is 0.538. The molecule has 1 aliphatic rings. The van der Waals surface area contributed by atoms with Gasteiger partial charge in [0, 0.05) is 18.3 Å². The number of rotatable bonds is 3. The molecule has 1 aliphatic heterocycles. The summed E-state index contributed by atoms with van der Waals surface area (Å²) in [5, 5.41) is 7.90. The van der Waals surface area contributed by atoms with E-state index in [0.717, 1.165) is 24.5 Å². The lowest BCUT2D eigenvalue weighted by molar-refractivity contribution is 0.452. The summed E-state index contributed by atoms with van der Waals surface area (Å²) in [5.41, 5.74) is 1.32. The van der Waals surface area contributed by atoms with Crippen LogP contribution in [0.3, 0.4) is 0 Å². The Morgan fingerprint density at radius 2 is 2.33 bits per heavy atom. The molecule has 0 aliphatic carbocycles. The summed E-state index contributed by atoms with van der Waals surface area (Å²) in [5.74, 6) is 2.46. The minimum absolute atomic E-state index is 0.0376. The van der Waals surface area contributed by atoms with Crippen molar-refractivity contribution < 1.29 is 4.42 Å². The van der Waals surface area contributed by atoms with Crippen LogP contribution in [0.15, 0.2) is 16.7 Å².